The van der Waals surface area contributed by atoms with Crippen LogP contribution in [0.5, 0.6) is 0 Å². The molecule has 0 bridgehead atoms. The second-order valence-electron chi connectivity index (χ2n) is 3.76. The first-order valence-corrected chi connectivity index (χ1v) is 5.35. The van der Waals surface area contributed by atoms with Crippen molar-refractivity contribution in [2.24, 2.45) is 0 Å². The minimum atomic E-state index is 0.712. The number of para-hydroxylation sites is 1. The summed E-state index contributed by atoms with van der Waals surface area (Å²) in [4.78, 5) is 0. The van der Waals surface area contributed by atoms with E-state index in [1.807, 2.05) is 24.3 Å². The van der Waals surface area contributed by atoms with Gasteiger partial charge in [-0.25, -0.2) is 0 Å². The molecule has 2 nitrogen and oxygen atoms in total. The summed E-state index contributed by atoms with van der Waals surface area (Å²) < 4.78 is 0. The summed E-state index contributed by atoms with van der Waals surface area (Å²) in [7, 11) is 0. The zero-order valence-electron chi connectivity index (χ0n) is 8.66. The molecule has 0 radical (unpaired) electrons. The van der Waals surface area contributed by atoms with Crippen LogP contribution in [0.2, 0.25) is 0 Å². The number of rotatable bonds is 2. The third kappa shape index (κ3) is 2.38. The summed E-state index contributed by atoms with van der Waals surface area (Å²) in [5, 5.41) is 12.3. The van der Waals surface area contributed by atoms with Crippen molar-refractivity contribution in [2.45, 2.75) is 25.7 Å². The Morgan fingerprint density at radius 3 is 2.80 bits per heavy atom. The Bertz CT molecular complexity index is 413. The predicted octanol–water partition coefficient (Wildman–Crippen LogP) is 3.43. The lowest BCUT2D eigenvalue weighted by Gasteiger charge is -2.15. The smallest absolute Gasteiger partial charge is 0.101 e. The van der Waals surface area contributed by atoms with Crippen molar-refractivity contribution in [3.05, 3.63) is 41.6 Å². The van der Waals surface area contributed by atoms with E-state index in [1.54, 1.807) is 0 Å². The van der Waals surface area contributed by atoms with E-state index in [0.717, 1.165) is 18.5 Å². The van der Waals surface area contributed by atoms with E-state index in [9.17, 15) is 0 Å². The van der Waals surface area contributed by atoms with Gasteiger partial charge in [0.15, 0.2) is 0 Å². The van der Waals surface area contributed by atoms with Gasteiger partial charge in [-0.1, -0.05) is 18.2 Å². The Labute approximate surface area is 90.2 Å². The van der Waals surface area contributed by atoms with E-state index >= 15 is 0 Å². The van der Waals surface area contributed by atoms with Crippen LogP contribution in [-0.2, 0) is 0 Å². The Balaban J connectivity index is 2.17. The molecule has 0 unspecified atom stereocenters. The van der Waals surface area contributed by atoms with E-state index < -0.39 is 0 Å². The minimum Gasteiger partial charge on any atom is -0.358 e. The molecule has 0 amide bonds. The van der Waals surface area contributed by atoms with Gasteiger partial charge in [-0.2, -0.15) is 5.26 Å². The quantitative estimate of drug-likeness (QED) is 0.790. The Morgan fingerprint density at radius 1 is 1.20 bits per heavy atom. The fourth-order valence-electron chi connectivity index (χ4n) is 1.81. The molecule has 0 aliphatic heterocycles. The topological polar surface area (TPSA) is 35.8 Å². The van der Waals surface area contributed by atoms with Gasteiger partial charge in [0.05, 0.1) is 11.3 Å². The lowest BCUT2D eigenvalue weighted by Crippen LogP contribution is -2.04. The number of nitrogens with zero attached hydrogens (tertiary/aromatic N) is 1. The molecule has 0 spiro atoms. The van der Waals surface area contributed by atoms with Gasteiger partial charge in [-0.15, -0.1) is 0 Å². The molecule has 0 aromatic heterocycles. The van der Waals surface area contributed by atoms with E-state index in [2.05, 4.69) is 17.5 Å². The predicted molar refractivity (Wildman–Crippen MR) is 61.3 cm³/mol. The normalized spacial score (nSPS) is 15.3. The van der Waals surface area contributed by atoms with E-state index in [0.29, 0.717) is 5.56 Å². The zero-order chi connectivity index (χ0) is 10.5. The van der Waals surface area contributed by atoms with Gasteiger partial charge in [0, 0.05) is 5.70 Å². The monoisotopic (exact) mass is 198 g/mol. The Kier molecular flexibility index (Phi) is 3.04. The summed E-state index contributed by atoms with van der Waals surface area (Å²) in [5.41, 5.74) is 2.89. The molecule has 0 atom stereocenters. The Morgan fingerprint density at radius 2 is 2.07 bits per heavy atom. The van der Waals surface area contributed by atoms with Gasteiger partial charge in [-0.3, -0.25) is 0 Å². The Hall–Kier alpha value is -1.75. The molecule has 15 heavy (non-hydrogen) atoms. The summed E-state index contributed by atoms with van der Waals surface area (Å²) in [6.45, 7) is 0. The van der Waals surface area contributed by atoms with E-state index in [-0.39, 0.29) is 0 Å². The van der Waals surface area contributed by atoms with Crippen LogP contribution in [0.3, 0.4) is 0 Å². The zero-order valence-corrected chi connectivity index (χ0v) is 8.66. The van der Waals surface area contributed by atoms with Crippen LogP contribution in [0.1, 0.15) is 31.2 Å². The molecule has 76 valence electrons. The molecule has 1 aliphatic carbocycles. The molecule has 1 aliphatic rings. The average molecular weight is 198 g/mol. The first-order chi connectivity index (χ1) is 7.40. The van der Waals surface area contributed by atoms with Crippen LogP contribution in [0, 0.1) is 11.3 Å². The van der Waals surface area contributed by atoms with Crippen molar-refractivity contribution in [1.82, 2.24) is 0 Å². The van der Waals surface area contributed by atoms with Crippen molar-refractivity contribution < 1.29 is 0 Å². The number of anilines is 1. The largest absolute Gasteiger partial charge is 0.358 e. The van der Waals surface area contributed by atoms with Gasteiger partial charge in [-0.05, 0) is 37.8 Å². The molecular weight excluding hydrogens is 184 g/mol. The van der Waals surface area contributed by atoms with Gasteiger partial charge >= 0.3 is 0 Å². The van der Waals surface area contributed by atoms with Gasteiger partial charge in [0.2, 0.25) is 0 Å². The van der Waals surface area contributed by atoms with Crippen molar-refractivity contribution in [3.8, 4) is 6.07 Å². The summed E-state index contributed by atoms with van der Waals surface area (Å²) >= 11 is 0. The van der Waals surface area contributed by atoms with Crippen LogP contribution < -0.4 is 5.32 Å². The number of nitriles is 1. The first-order valence-electron chi connectivity index (χ1n) is 5.35. The summed E-state index contributed by atoms with van der Waals surface area (Å²) in [6, 6.07) is 9.83. The second kappa shape index (κ2) is 4.65. The standard InChI is InChI=1S/C13H14N2/c14-10-11-6-4-5-9-13(11)15-12-7-2-1-3-8-12/h4-7,9,15H,1-3,8H2. The fraction of sp³-hybridized carbons (Fsp3) is 0.308. The second-order valence-corrected chi connectivity index (χ2v) is 3.76. The third-order valence-electron chi connectivity index (χ3n) is 2.63. The number of benzene rings is 1. The van der Waals surface area contributed by atoms with Crippen LogP contribution in [0.15, 0.2) is 36.0 Å². The molecule has 0 fully saturated rings. The maximum absolute atomic E-state index is 8.94. The molecule has 1 aromatic rings. The molecular formula is C13H14N2. The summed E-state index contributed by atoms with van der Waals surface area (Å²) in [5.74, 6) is 0. The highest BCUT2D eigenvalue weighted by atomic mass is 14.9. The van der Waals surface area contributed by atoms with Crippen LogP contribution in [-0.4, -0.2) is 0 Å². The van der Waals surface area contributed by atoms with Gasteiger partial charge < -0.3 is 5.32 Å². The maximum atomic E-state index is 8.94. The molecule has 2 rings (SSSR count). The van der Waals surface area contributed by atoms with E-state index in [4.69, 9.17) is 5.26 Å². The van der Waals surface area contributed by atoms with Crippen LogP contribution in [0.25, 0.3) is 0 Å². The average Bonchev–Trinajstić information content (AvgIpc) is 2.31. The lowest BCUT2D eigenvalue weighted by atomic mass is 10.0. The molecule has 0 heterocycles. The maximum Gasteiger partial charge on any atom is 0.101 e. The fourth-order valence-corrected chi connectivity index (χ4v) is 1.81. The first kappa shape index (κ1) is 9.79. The third-order valence-corrected chi connectivity index (χ3v) is 2.63. The summed E-state index contributed by atoms with van der Waals surface area (Å²) in [6.07, 6.45) is 7.01. The van der Waals surface area contributed by atoms with Crippen LogP contribution >= 0.6 is 0 Å². The number of allylic oxidation sites excluding steroid dienone is 2. The number of nitrogens with one attached hydrogen (secondary N) is 1. The van der Waals surface area contributed by atoms with Crippen molar-refractivity contribution >= 4 is 5.69 Å². The van der Waals surface area contributed by atoms with Crippen molar-refractivity contribution in [1.29, 1.82) is 5.26 Å². The van der Waals surface area contributed by atoms with Gasteiger partial charge in [0.1, 0.15) is 6.07 Å². The number of hydrogen-bond donors (Lipinski definition) is 1. The van der Waals surface area contributed by atoms with E-state index in [1.165, 1.54) is 18.5 Å². The minimum absolute atomic E-state index is 0.712. The lowest BCUT2D eigenvalue weighted by molar-refractivity contribution is 0.704. The van der Waals surface area contributed by atoms with Crippen molar-refractivity contribution in [2.75, 3.05) is 5.32 Å². The van der Waals surface area contributed by atoms with Crippen molar-refractivity contribution in [3.63, 3.8) is 0 Å². The van der Waals surface area contributed by atoms with Crippen LogP contribution in [0.4, 0.5) is 5.69 Å². The molecule has 1 aromatic carbocycles. The number of hydrogen-bond acceptors (Lipinski definition) is 2. The molecule has 0 saturated heterocycles. The molecule has 0 saturated carbocycles. The highest BCUT2D eigenvalue weighted by molar-refractivity contribution is 5.60. The molecule has 1 N–H and O–H groups in total. The highest BCUT2D eigenvalue weighted by Crippen LogP contribution is 2.22. The highest BCUT2D eigenvalue weighted by Gasteiger charge is 2.05. The van der Waals surface area contributed by atoms with Gasteiger partial charge in [0.25, 0.3) is 0 Å². The molecule has 2 heteroatoms. The SMILES string of the molecule is N#Cc1ccccc1NC1=CCCCC1.